The van der Waals surface area contributed by atoms with Crippen LogP contribution in [0.2, 0.25) is 0 Å². The van der Waals surface area contributed by atoms with Gasteiger partial charge >= 0.3 is 0 Å². The van der Waals surface area contributed by atoms with Crippen LogP contribution in [0.15, 0.2) is 53.6 Å². The van der Waals surface area contributed by atoms with Crippen LogP contribution >= 0.6 is 24.2 Å². The van der Waals surface area contributed by atoms with Crippen molar-refractivity contribution < 1.29 is 4.74 Å². The van der Waals surface area contributed by atoms with Crippen molar-refractivity contribution in [3.8, 4) is 16.9 Å². The Morgan fingerprint density at radius 1 is 1.04 bits per heavy atom. The van der Waals surface area contributed by atoms with Gasteiger partial charge in [-0.3, -0.25) is 0 Å². The Morgan fingerprint density at radius 3 is 2.42 bits per heavy atom. The molecule has 1 aromatic heterocycles. The highest BCUT2D eigenvalue weighted by molar-refractivity contribution is 7.99. The van der Waals surface area contributed by atoms with E-state index < -0.39 is 0 Å². The average Bonchev–Trinajstić information content (AvgIpc) is 2.61. The molecule has 26 heavy (non-hydrogen) atoms. The van der Waals surface area contributed by atoms with Gasteiger partial charge in [0, 0.05) is 17.7 Å². The predicted molar refractivity (Wildman–Crippen MR) is 115 cm³/mol. The van der Waals surface area contributed by atoms with Crippen molar-refractivity contribution in [2.45, 2.75) is 11.9 Å². The Balaban J connectivity index is 0.00000243. The molecule has 0 aliphatic rings. The lowest BCUT2D eigenvalue weighted by atomic mass is 9.99. The number of aromatic nitrogens is 1. The Labute approximate surface area is 166 Å². The zero-order valence-corrected chi connectivity index (χ0v) is 17.3. The fraction of sp³-hybridized carbons (Fsp3) is 0.286. The van der Waals surface area contributed by atoms with Gasteiger partial charge in [-0.25, -0.2) is 4.98 Å². The molecule has 0 amide bonds. The number of ether oxygens (including phenoxy) is 1. The van der Waals surface area contributed by atoms with Crippen molar-refractivity contribution >= 4 is 35.1 Å². The van der Waals surface area contributed by atoms with E-state index in [0.717, 1.165) is 39.5 Å². The van der Waals surface area contributed by atoms with Crippen LogP contribution in [-0.2, 0) is 0 Å². The number of benzene rings is 2. The number of pyridine rings is 1. The molecule has 3 aromatic rings. The van der Waals surface area contributed by atoms with E-state index in [1.54, 1.807) is 18.9 Å². The molecule has 0 saturated heterocycles. The number of hydrogen-bond acceptors (Lipinski definition) is 4. The molecule has 0 aliphatic heterocycles. The fourth-order valence-corrected chi connectivity index (χ4v) is 4.05. The smallest absolute Gasteiger partial charge is 0.138 e. The molecule has 138 valence electrons. The van der Waals surface area contributed by atoms with Gasteiger partial charge in [-0.05, 0) is 44.3 Å². The summed E-state index contributed by atoms with van der Waals surface area (Å²) in [7, 11) is 5.94. The minimum atomic E-state index is 0. The zero-order chi connectivity index (χ0) is 17.8. The van der Waals surface area contributed by atoms with Crippen molar-refractivity contribution in [1.82, 2.24) is 9.88 Å². The van der Waals surface area contributed by atoms with Crippen LogP contribution in [0.3, 0.4) is 0 Å². The third-order valence-corrected chi connectivity index (χ3v) is 5.16. The van der Waals surface area contributed by atoms with Gasteiger partial charge in [0.05, 0.1) is 18.2 Å². The number of fused-ring (bicyclic) bond motifs is 1. The number of rotatable bonds is 6. The molecule has 3 nitrogen and oxygen atoms in total. The highest BCUT2D eigenvalue weighted by Crippen LogP contribution is 2.43. The van der Waals surface area contributed by atoms with E-state index in [1.165, 1.54) is 11.1 Å². The van der Waals surface area contributed by atoms with Crippen molar-refractivity contribution in [1.29, 1.82) is 0 Å². The Hall–Kier alpha value is -1.75. The van der Waals surface area contributed by atoms with Crippen LogP contribution in [-0.4, -0.2) is 43.4 Å². The van der Waals surface area contributed by atoms with Gasteiger partial charge in [0.25, 0.3) is 0 Å². The largest absolute Gasteiger partial charge is 0.495 e. The molecule has 0 aliphatic carbocycles. The molecule has 0 N–H and O–H groups in total. The molecule has 3 rings (SSSR count). The lowest BCUT2D eigenvalue weighted by Gasteiger charge is -2.18. The maximum Gasteiger partial charge on any atom is 0.138 e. The summed E-state index contributed by atoms with van der Waals surface area (Å²) in [6, 6.07) is 16.6. The van der Waals surface area contributed by atoms with Gasteiger partial charge < -0.3 is 9.64 Å². The highest BCUT2D eigenvalue weighted by Gasteiger charge is 2.19. The van der Waals surface area contributed by atoms with Crippen molar-refractivity contribution in [2.24, 2.45) is 0 Å². The summed E-state index contributed by atoms with van der Waals surface area (Å²) in [4.78, 5) is 7.16. The topological polar surface area (TPSA) is 25.4 Å². The van der Waals surface area contributed by atoms with Crippen LogP contribution in [0.25, 0.3) is 22.0 Å². The molecule has 0 spiro atoms. The van der Waals surface area contributed by atoms with Crippen LogP contribution in [0.5, 0.6) is 5.75 Å². The lowest BCUT2D eigenvalue weighted by Crippen LogP contribution is -2.15. The van der Waals surface area contributed by atoms with E-state index in [9.17, 15) is 0 Å². The number of methoxy groups -OCH3 is 1. The monoisotopic (exact) mass is 388 g/mol. The van der Waals surface area contributed by atoms with E-state index in [1.807, 2.05) is 12.1 Å². The number of nitrogens with zero attached hydrogens (tertiary/aromatic N) is 2. The molecule has 0 unspecified atom stereocenters. The first-order valence-electron chi connectivity index (χ1n) is 8.42. The van der Waals surface area contributed by atoms with Gasteiger partial charge in [-0.15, -0.1) is 24.2 Å². The van der Waals surface area contributed by atoms with Crippen molar-refractivity contribution in [3.05, 3.63) is 54.1 Å². The maximum atomic E-state index is 5.87. The molecular formula is C21H25ClN2OS. The second kappa shape index (κ2) is 9.26. The summed E-state index contributed by atoms with van der Waals surface area (Å²) in [5.74, 6) is 1.90. The second-order valence-electron chi connectivity index (χ2n) is 6.31. The van der Waals surface area contributed by atoms with E-state index in [2.05, 4.69) is 62.3 Å². The first-order valence-corrected chi connectivity index (χ1v) is 9.40. The molecule has 0 bridgehead atoms. The SMILES string of the molecule is COc1c(-c2ccccc2C)c(SCCN(C)C)nc2ccccc12.Cl. The summed E-state index contributed by atoms with van der Waals surface area (Å²) < 4.78 is 5.87. The Morgan fingerprint density at radius 2 is 1.73 bits per heavy atom. The second-order valence-corrected chi connectivity index (χ2v) is 7.39. The molecular weight excluding hydrogens is 364 g/mol. The predicted octanol–water partition coefficient (Wildman–Crippen LogP) is 5.29. The average molecular weight is 389 g/mol. The molecule has 0 saturated carbocycles. The third kappa shape index (κ3) is 4.32. The third-order valence-electron chi connectivity index (χ3n) is 4.21. The van der Waals surface area contributed by atoms with Gasteiger partial charge in [-0.2, -0.15) is 0 Å². The number of para-hydroxylation sites is 1. The number of aryl methyl sites for hydroxylation is 1. The minimum absolute atomic E-state index is 0. The fourth-order valence-electron chi connectivity index (χ4n) is 2.89. The van der Waals surface area contributed by atoms with Gasteiger partial charge in [-0.1, -0.05) is 36.4 Å². The molecule has 0 fully saturated rings. The number of halogens is 1. The molecule has 1 heterocycles. The van der Waals surface area contributed by atoms with Crippen molar-refractivity contribution in [3.63, 3.8) is 0 Å². The zero-order valence-electron chi connectivity index (χ0n) is 15.7. The first kappa shape index (κ1) is 20.6. The van der Waals surface area contributed by atoms with Gasteiger partial charge in [0.2, 0.25) is 0 Å². The molecule has 2 aromatic carbocycles. The molecule has 0 atom stereocenters. The summed E-state index contributed by atoms with van der Waals surface area (Å²) in [5, 5.41) is 2.09. The van der Waals surface area contributed by atoms with E-state index in [-0.39, 0.29) is 12.4 Å². The molecule has 5 heteroatoms. The quantitative estimate of drug-likeness (QED) is 0.535. The standard InChI is InChI=1S/C21H24N2OS.ClH/c1-15-9-5-6-10-16(15)19-20(24-4)17-11-7-8-12-18(17)22-21(19)25-14-13-23(2)3;/h5-12H,13-14H2,1-4H3;1H. The summed E-state index contributed by atoms with van der Waals surface area (Å²) in [6.45, 7) is 3.15. The Kier molecular flexibility index (Phi) is 7.33. The van der Waals surface area contributed by atoms with Crippen molar-refractivity contribution in [2.75, 3.05) is 33.5 Å². The summed E-state index contributed by atoms with van der Waals surface area (Å²) >= 11 is 1.79. The first-order chi connectivity index (χ1) is 12.1. The highest BCUT2D eigenvalue weighted by atomic mass is 35.5. The van der Waals surface area contributed by atoms with E-state index in [0.29, 0.717) is 0 Å². The van der Waals surface area contributed by atoms with E-state index >= 15 is 0 Å². The summed E-state index contributed by atoms with van der Waals surface area (Å²) in [5.41, 5.74) is 4.49. The molecule has 0 radical (unpaired) electrons. The maximum absolute atomic E-state index is 5.87. The van der Waals surface area contributed by atoms with Gasteiger partial charge in [0.15, 0.2) is 0 Å². The summed E-state index contributed by atoms with van der Waals surface area (Å²) in [6.07, 6.45) is 0. The van der Waals surface area contributed by atoms with Crippen LogP contribution in [0, 0.1) is 6.92 Å². The normalized spacial score (nSPS) is 10.8. The Bertz CT molecular complexity index is 883. The van der Waals surface area contributed by atoms with Crippen LogP contribution in [0.1, 0.15) is 5.56 Å². The number of thioether (sulfide) groups is 1. The van der Waals surface area contributed by atoms with E-state index in [4.69, 9.17) is 9.72 Å². The number of hydrogen-bond donors (Lipinski definition) is 0. The minimum Gasteiger partial charge on any atom is -0.495 e. The van der Waals surface area contributed by atoms with Crippen LogP contribution in [0.4, 0.5) is 0 Å². The lowest BCUT2D eigenvalue weighted by molar-refractivity contribution is 0.420. The van der Waals surface area contributed by atoms with Crippen LogP contribution < -0.4 is 4.74 Å². The van der Waals surface area contributed by atoms with Gasteiger partial charge in [0.1, 0.15) is 10.8 Å².